The SMILES string of the molecule is CC1=NN=C(c2nccs2)C1(CCCCC(N)=O)c1ccc(C)cc1. The summed E-state index contributed by atoms with van der Waals surface area (Å²) in [5, 5.41) is 11.8. The highest BCUT2D eigenvalue weighted by molar-refractivity contribution is 7.11. The van der Waals surface area contributed by atoms with Crippen LogP contribution < -0.4 is 5.73 Å². The van der Waals surface area contributed by atoms with E-state index in [1.807, 2.05) is 12.3 Å². The molecule has 3 rings (SSSR count). The second kappa shape index (κ2) is 7.27. The van der Waals surface area contributed by atoms with Crippen molar-refractivity contribution in [3.8, 4) is 0 Å². The molecule has 0 radical (unpaired) electrons. The topological polar surface area (TPSA) is 80.7 Å². The minimum absolute atomic E-state index is 0.255. The van der Waals surface area contributed by atoms with Crippen molar-refractivity contribution in [2.45, 2.75) is 44.9 Å². The summed E-state index contributed by atoms with van der Waals surface area (Å²) in [6.07, 6.45) is 4.67. The summed E-state index contributed by atoms with van der Waals surface area (Å²) in [5.41, 5.74) is 9.16. The summed E-state index contributed by atoms with van der Waals surface area (Å²) in [6, 6.07) is 8.53. The Hall–Kier alpha value is -2.34. The number of amides is 1. The maximum absolute atomic E-state index is 11.1. The number of aromatic nitrogens is 1. The fourth-order valence-corrected chi connectivity index (χ4v) is 4.05. The molecule has 0 fully saturated rings. The van der Waals surface area contributed by atoms with Gasteiger partial charge in [0.25, 0.3) is 0 Å². The van der Waals surface area contributed by atoms with Gasteiger partial charge in [0.05, 0.1) is 11.1 Å². The number of carbonyl (C=O) groups is 1. The molecule has 1 aliphatic heterocycles. The zero-order chi connectivity index (χ0) is 17.9. The molecule has 1 atom stereocenters. The Bertz CT molecular complexity index is 808. The van der Waals surface area contributed by atoms with Crippen LogP contribution in [0.5, 0.6) is 0 Å². The van der Waals surface area contributed by atoms with Crippen molar-refractivity contribution in [3.05, 3.63) is 52.0 Å². The molecule has 0 bridgehead atoms. The number of rotatable bonds is 7. The van der Waals surface area contributed by atoms with Gasteiger partial charge in [0.2, 0.25) is 5.91 Å². The standard InChI is InChI=1S/C19H22N4OS/c1-13-6-8-15(9-7-13)19(10-4-3-5-16(20)24)14(2)22-23-17(19)18-21-11-12-25-18/h6-9,11-12H,3-5,10H2,1-2H3,(H2,20,24). The van der Waals surface area contributed by atoms with Crippen molar-refractivity contribution in [1.82, 2.24) is 4.98 Å². The normalized spacial score (nSPS) is 19.6. The first-order valence-corrected chi connectivity index (χ1v) is 9.30. The number of unbranched alkanes of at least 4 members (excludes halogenated alkanes) is 1. The average Bonchev–Trinajstić information content (AvgIpc) is 3.21. The van der Waals surface area contributed by atoms with Crippen molar-refractivity contribution < 1.29 is 4.79 Å². The number of hydrogen-bond donors (Lipinski definition) is 1. The first-order valence-electron chi connectivity index (χ1n) is 8.42. The fraction of sp³-hybridized carbons (Fsp3) is 0.368. The molecule has 0 aliphatic carbocycles. The van der Waals surface area contributed by atoms with Crippen LogP contribution in [0.25, 0.3) is 0 Å². The van der Waals surface area contributed by atoms with E-state index in [2.05, 4.69) is 46.4 Å². The molecular weight excluding hydrogens is 332 g/mol. The molecule has 1 amide bonds. The summed E-state index contributed by atoms with van der Waals surface area (Å²) < 4.78 is 0. The van der Waals surface area contributed by atoms with Gasteiger partial charge in [0.1, 0.15) is 10.7 Å². The lowest BCUT2D eigenvalue weighted by molar-refractivity contribution is -0.118. The molecule has 1 unspecified atom stereocenters. The largest absolute Gasteiger partial charge is 0.370 e. The average molecular weight is 354 g/mol. The summed E-state index contributed by atoms with van der Waals surface area (Å²) >= 11 is 1.58. The van der Waals surface area contributed by atoms with E-state index >= 15 is 0 Å². The fourth-order valence-electron chi connectivity index (χ4n) is 3.35. The van der Waals surface area contributed by atoms with Crippen molar-refractivity contribution >= 4 is 28.7 Å². The second-order valence-corrected chi connectivity index (χ2v) is 7.31. The Morgan fingerprint density at radius 3 is 2.56 bits per heavy atom. The number of benzene rings is 1. The van der Waals surface area contributed by atoms with Crippen LogP contribution >= 0.6 is 11.3 Å². The van der Waals surface area contributed by atoms with Gasteiger partial charge in [-0.3, -0.25) is 4.79 Å². The molecule has 2 aromatic rings. The van der Waals surface area contributed by atoms with Crippen LogP contribution in [-0.2, 0) is 10.2 Å². The third-order valence-electron chi connectivity index (χ3n) is 4.73. The lowest BCUT2D eigenvalue weighted by atomic mass is 9.69. The first kappa shape index (κ1) is 17.5. The van der Waals surface area contributed by atoms with Crippen LogP contribution in [0, 0.1) is 6.92 Å². The minimum atomic E-state index is -0.386. The summed E-state index contributed by atoms with van der Waals surface area (Å²) in [4.78, 5) is 15.5. The number of aryl methyl sites for hydroxylation is 1. The Morgan fingerprint density at radius 2 is 1.92 bits per heavy atom. The van der Waals surface area contributed by atoms with Crippen LogP contribution in [-0.4, -0.2) is 22.3 Å². The Morgan fingerprint density at radius 1 is 1.16 bits per heavy atom. The smallest absolute Gasteiger partial charge is 0.217 e. The first-order chi connectivity index (χ1) is 12.0. The van der Waals surface area contributed by atoms with Gasteiger partial charge in [-0.1, -0.05) is 36.2 Å². The van der Waals surface area contributed by atoms with Crippen LogP contribution in [0.15, 0.2) is 46.0 Å². The highest BCUT2D eigenvalue weighted by atomic mass is 32.1. The lowest BCUT2D eigenvalue weighted by Gasteiger charge is -2.31. The van der Waals surface area contributed by atoms with E-state index in [4.69, 9.17) is 5.73 Å². The van der Waals surface area contributed by atoms with Gasteiger partial charge in [-0.2, -0.15) is 10.2 Å². The zero-order valence-electron chi connectivity index (χ0n) is 14.5. The van der Waals surface area contributed by atoms with Crippen molar-refractivity contribution in [1.29, 1.82) is 0 Å². The molecule has 5 nitrogen and oxygen atoms in total. The molecule has 2 heterocycles. The highest BCUT2D eigenvalue weighted by Crippen LogP contribution is 2.40. The molecule has 2 N–H and O–H groups in total. The number of thiazole rings is 1. The van der Waals surface area contributed by atoms with E-state index < -0.39 is 0 Å². The number of primary amides is 1. The van der Waals surface area contributed by atoms with Crippen molar-refractivity contribution in [2.75, 3.05) is 0 Å². The van der Waals surface area contributed by atoms with Gasteiger partial charge in [-0.15, -0.1) is 11.3 Å². The molecule has 0 spiro atoms. The summed E-state index contributed by atoms with van der Waals surface area (Å²) in [7, 11) is 0. The van der Waals surface area contributed by atoms with Gasteiger partial charge in [-0.05, 0) is 32.3 Å². The zero-order valence-corrected chi connectivity index (χ0v) is 15.3. The molecule has 0 saturated carbocycles. The van der Waals surface area contributed by atoms with Crippen LogP contribution in [0.2, 0.25) is 0 Å². The summed E-state index contributed by atoms with van der Waals surface area (Å²) in [5.74, 6) is -0.255. The van der Waals surface area contributed by atoms with Crippen molar-refractivity contribution in [2.24, 2.45) is 15.9 Å². The third kappa shape index (κ3) is 3.39. The molecule has 25 heavy (non-hydrogen) atoms. The number of hydrogen-bond acceptors (Lipinski definition) is 5. The number of nitrogens with zero attached hydrogens (tertiary/aromatic N) is 3. The minimum Gasteiger partial charge on any atom is -0.370 e. The van der Waals surface area contributed by atoms with Crippen molar-refractivity contribution in [3.63, 3.8) is 0 Å². The van der Waals surface area contributed by atoms with Gasteiger partial charge in [-0.25, -0.2) is 4.98 Å². The summed E-state index contributed by atoms with van der Waals surface area (Å²) in [6.45, 7) is 4.10. The second-order valence-electron chi connectivity index (χ2n) is 6.42. The van der Waals surface area contributed by atoms with E-state index in [1.54, 1.807) is 17.5 Å². The third-order valence-corrected chi connectivity index (χ3v) is 5.51. The molecule has 1 aliphatic rings. The molecule has 1 aromatic heterocycles. The van der Waals surface area contributed by atoms with Crippen LogP contribution in [0.3, 0.4) is 0 Å². The van der Waals surface area contributed by atoms with Gasteiger partial charge in [0, 0.05) is 18.0 Å². The Labute approximate surface area is 151 Å². The molecule has 6 heteroatoms. The predicted octanol–water partition coefficient (Wildman–Crippen LogP) is 3.61. The quantitative estimate of drug-likeness (QED) is 0.771. The lowest BCUT2D eigenvalue weighted by Crippen LogP contribution is -2.40. The van der Waals surface area contributed by atoms with Gasteiger partial charge in [0.15, 0.2) is 0 Å². The maximum Gasteiger partial charge on any atom is 0.217 e. The van der Waals surface area contributed by atoms with E-state index in [-0.39, 0.29) is 11.3 Å². The Balaban J connectivity index is 1.98. The van der Waals surface area contributed by atoms with Gasteiger partial charge < -0.3 is 5.73 Å². The van der Waals surface area contributed by atoms with Crippen LogP contribution in [0.4, 0.5) is 0 Å². The highest BCUT2D eigenvalue weighted by Gasteiger charge is 2.45. The van der Waals surface area contributed by atoms with Gasteiger partial charge >= 0.3 is 0 Å². The van der Waals surface area contributed by atoms with Crippen LogP contribution in [0.1, 0.15) is 48.7 Å². The molecular formula is C19H22N4OS. The Kier molecular flexibility index (Phi) is 5.08. The van der Waals surface area contributed by atoms with E-state index in [9.17, 15) is 4.79 Å². The van der Waals surface area contributed by atoms with E-state index in [1.165, 1.54) is 11.1 Å². The predicted molar refractivity (Wildman–Crippen MR) is 102 cm³/mol. The number of carbonyl (C=O) groups excluding carboxylic acids is 1. The van der Waals surface area contributed by atoms with E-state index in [0.29, 0.717) is 6.42 Å². The van der Waals surface area contributed by atoms with E-state index in [0.717, 1.165) is 35.7 Å². The maximum atomic E-state index is 11.1. The molecule has 0 saturated heterocycles. The number of nitrogens with two attached hydrogens (primary N) is 1. The molecule has 1 aromatic carbocycles. The monoisotopic (exact) mass is 354 g/mol. The molecule has 130 valence electrons.